The lowest BCUT2D eigenvalue weighted by atomic mass is 9.72. The lowest BCUT2D eigenvalue weighted by molar-refractivity contribution is 0.100. The van der Waals surface area contributed by atoms with Crippen LogP contribution < -0.4 is 21.3 Å². The Hall–Kier alpha value is -3.62. The monoisotopic (exact) mass is 586 g/mol. The fourth-order valence-electron chi connectivity index (χ4n) is 6.23. The summed E-state index contributed by atoms with van der Waals surface area (Å²) in [6, 6.07) is 13.3. The minimum Gasteiger partial charge on any atom is -0.390 e. The predicted octanol–water partition coefficient (Wildman–Crippen LogP) is 3.84. The molecule has 1 spiro atoms. The minimum atomic E-state index is -0.460. The first-order chi connectivity index (χ1) is 20.1. The largest absolute Gasteiger partial charge is 0.390 e. The SMILES string of the molecule is CN(CC#Cc1cnc(N2CCC3(CC2)Cc2cccc(C(C)(C)SO)c2[C@H]3N)c(CO)n1)c1ccc(C(N)=O)cc1. The number of primary amides is 1. The van der Waals surface area contributed by atoms with Crippen molar-refractivity contribution in [1.82, 2.24) is 9.97 Å². The van der Waals surface area contributed by atoms with E-state index in [0.29, 0.717) is 29.3 Å². The summed E-state index contributed by atoms with van der Waals surface area (Å²) in [6.07, 6.45) is 4.38. The third-order valence-corrected chi connectivity index (χ3v) is 9.42. The van der Waals surface area contributed by atoms with Crippen LogP contribution in [0.1, 0.15) is 71.2 Å². The van der Waals surface area contributed by atoms with Crippen molar-refractivity contribution in [3.8, 4) is 11.8 Å². The Morgan fingerprint density at radius 1 is 1.21 bits per heavy atom. The van der Waals surface area contributed by atoms with Gasteiger partial charge in [-0.15, -0.1) is 0 Å². The number of carbonyl (C=O) groups excluding carboxylic acids is 1. The fraction of sp³-hybridized carbons (Fsp3) is 0.406. The van der Waals surface area contributed by atoms with Gasteiger partial charge in [-0.25, -0.2) is 9.97 Å². The molecule has 1 atom stereocenters. The zero-order valence-electron chi connectivity index (χ0n) is 24.3. The average molecular weight is 587 g/mol. The van der Waals surface area contributed by atoms with E-state index >= 15 is 0 Å². The van der Waals surface area contributed by atoms with Crippen LogP contribution in [0.15, 0.2) is 48.7 Å². The Morgan fingerprint density at radius 2 is 1.93 bits per heavy atom. The predicted molar refractivity (Wildman–Crippen MR) is 167 cm³/mol. The van der Waals surface area contributed by atoms with Crippen LogP contribution in [0.5, 0.6) is 0 Å². The second-order valence-corrected chi connectivity index (χ2v) is 12.9. The van der Waals surface area contributed by atoms with Gasteiger partial charge in [0.2, 0.25) is 5.91 Å². The second-order valence-electron chi connectivity index (χ2n) is 11.7. The van der Waals surface area contributed by atoms with Crippen molar-refractivity contribution in [1.29, 1.82) is 0 Å². The van der Waals surface area contributed by atoms with Gasteiger partial charge in [-0.05, 0) is 97.4 Å². The third kappa shape index (κ3) is 5.70. The maximum Gasteiger partial charge on any atom is 0.248 e. The molecule has 2 aromatic carbocycles. The molecule has 1 aliphatic carbocycles. The number of hydrogen-bond donors (Lipinski definition) is 4. The van der Waals surface area contributed by atoms with Gasteiger partial charge in [0.05, 0.1) is 24.1 Å². The van der Waals surface area contributed by atoms with Crippen molar-refractivity contribution in [2.45, 2.75) is 50.5 Å². The molecule has 220 valence electrons. The summed E-state index contributed by atoms with van der Waals surface area (Å²) >= 11 is 0.864. The maximum absolute atomic E-state index is 11.3. The second kappa shape index (κ2) is 11.9. The molecule has 9 nitrogen and oxygen atoms in total. The number of amides is 1. The van der Waals surface area contributed by atoms with Crippen LogP contribution in [-0.2, 0) is 17.8 Å². The Morgan fingerprint density at radius 3 is 2.57 bits per heavy atom. The number of fused-ring (bicyclic) bond motifs is 1. The van der Waals surface area contributed by atoms with Crippen molar-refractivity contribution in [3.63, 3.8) is 0 Å². The van der Waals surface area contributed by atoms with Crippen LogP contribution in [0.25, 0.3) is 0 Å². The molecule has 0 unspecified atom stereocenters. The summed E-state index contributed by atoms with van der Waals surface area (Å²) in [5.41, 5.74) is 18.2. The molecule has 1 saturated heterocycles. The first-order valence-electron chi connectivity index (χ1n) is 14.1. The number of benzene rings is 2. The average Bonchev–Trinajstić information content (AvgIpc) is 3.27. The molecule has 1 amide bonds. The Balaban J connectivity index is 1.25. The van der Waals surface area contributed by atoms with E-state index < -0.39 is 10.7 Å². The van der Waals surface area contributed by atoms with E-state index in [9.17, 15) is 14.5 Å². The minimum absolute atomic E-state index is 0.0461. The van der Waals surface area contributed by atoms with Gasteiger partial charge in [0.15, 0.2) is 5.82 Å². The molecule has 1 aliphatic heterocycles. The van der Waals surface area contributed by atoms with Crippen LogP contribution in [-0.4, -0.2) is 52.2 Å². The van der Waals surface area contributed by atoms with E-state index in [0.717, 1.165) is 55.6 Å². The number of carbonyl (C=O) groups is 1. The summed E-state index contributed by atoms with van der Waals surface area (Å²) in [5.74, 6) is 6.39. The van der Waals surface area contributed by atoms with Gasteiger partial charge in [-0.1, -0.05) is 24.1 Å². The molecular formula is C32H38N6O3S. The summed E-state index contributed by atoms with van der Waals surface area (Å²) < 4.78 is 9.52. The highest BCUT2D eigenvalue weighted by atomic mass is 32.2. The van der Waals surface area contributed by atoms with Crippen molar-refractivity contribution < 1.29 is 14.5 Å². The molecule has 2 heterocycles. The van der Waals surface area contributed by atoms with Gasteiger partial charge in [-0.3, -0.25) is 4.79 Å². The number of aliphatic hydroxyl groups is 1. The van der Waals surface area contributed by atoms with Crippen molar-refractivity contribution in [2.24, 2.45) is 16.9 Å². The van der Waals surface area contributed by atoms with Gasteiger partial charge in [0.25, 0.3) is 0 Å². The van der Waals surface area contributed by atoms with E-state index in [1.807, 2.05) is 37.9 Å². The third-order valence-electron chi connectivity index (χ3n) is 8.74. The molecule has 5 rings (SSSR count). The summed E-state index contributed by atoms with van der Waals surface area (Å²) in [7, 11) is 1.91. The highest BCUT2D eigenvalue weighted by Crippen LogP contribution is 2.54. The number of hydrogen-bond acceptors (Lipinski definition) is 9. The normalized spacial score (nSPS) is 17.5. The maximum atomic E-state index is 11.3. The molecule has 1 aromatic heterocycles. The lowest BCUT2D eigenvalue weighted by Gasteiger charge is -2.43. The smallest absolute Gasteiger partial charge is 0.248 e. The number of nitrogens with zero attached hydrogens (tertiary/aromatic N) is 4. The summed E-state index contributed by atoms with van der Waals surface area (Å²) in [5, 5.41) is 10.1. The van der Waals surface area contributed by atoms with E-state index in [2.05, 4.69) is 44.9 Å². The first-order valence-corrected chi connectivity index (χ1v) is 14.9. The topological polar surface area (TPSA) is 142 Å². The van der Waals surface area contributed by atoms with Gasteiger partial charge < -0.3 is 30.9 Å². The molecule has 10 heteroatoms. The Bertz CT molecular complexity index is 1520. The zero-order chi connectivity index (χ0) is 30.1. The molecule has 2 aliphatic rings. The number of rotatable bonds is 7. The quantitative estimate of drug-likeness (QED) is 0.240. The Kier molecular flexibility index (Phi) is 8.49. The molecule has 1 fully saturated rings. The molecule has 6 N–H and O–H groups in total. The highest BCUT2D eigenvalue weighted by molar-refractivity contribution is 7.94. The van der Waals surface area contributed by atoms with E-state index in [4.69, 9.17) is 11.5 Å². The van der Waals surface area contributed by atoms with Crippen LogP contribution >= 0.6 is 12.0 Å². The zero-order valence-corrected chi connectivity index (χ0v) is 25.1. The van der Waals surface area contributed by atoms with Gasteiger partial charge in [0, 0.05) is 37.4 Å². The van der Waals surface area contributed by atoms with Crippen molar-refractivity contribution >= 4 is 29.5 Å². The standard InChI is InChI=1S/C32H38N6O3S/c1-31(2,42-41)25-8-4-6-22-18-32(28(33)27(22)25)13-16-38(17-14-32)30-26(20-39)36-23(19-35-30)7-5-15-37(3)24-11-9-21(10-12-24)29(34)40/h4,6,8-12,19,28,39,41H,13-18,20,33H2,1-3H3,(H2,34,40)/t28-/m1/s1. The van der Waals surface area contributed by atoms with Crippen LogP contribution in [0.3, 0.4) is 0 Å². The summed E-state index contributed by atoms with van der Waals surface area (Å²) in [4.78, 5) is 24.7. The first kappa shape index (κ1) is 29.9. The highest BCUT2D eigenvalue weighted by Gasteiger charge is 2.48. The molecule has 0 saturated carbocycles. The summed E-state index contributed by atoms with van der Waals surface area (Å²) in [6.45, 7) is 5.80. The van der Waals surface area contributed by atoms with E-state index in [1.54, 1.807) is 18.3 Å². The number of anilines is 2. The van der Waals surface area contributed by atoms with Gasteiger partial charge >= 0.3 is 0 Å². The lowest BCUT2D eigenvalue weighted by Crippen LogP contribution is -2.45. The van der Waals surface area contributed by atoms with E-state index in [1.165, 1.54) is 11.1 Å². The molecule has 3 aromatic rings. The molecule has 0 bridgehead atoms. The molecule has 0 radical (unpaired) electrons. The van der Waals surface area contributed by atoms with Gasteiger partial charge in [0.1, 0.15) is 11.4 Å². The van der Waals surface area contributed by atoms with Crippen LogP contribution in [0.2, 0.25) is 0 Å². The fourth-order valence-corrected chi connectivity index (χ4v) is 6.50. The number of aromatic nitrogens is 2. The van der Waals surface area contributed by atoms with Crippen molar-refractivity contribution in [2.75, 3.05) is 36.5 Å². The molecular weight excluding hydrogens is 548 g/mol. The van der Waals surface area contributed by atoms with E-state index in [-0.39, 0.29) is 18.1 Å². The Labute approximate surface area is 251 Å². The number of nitrogens with two attached hydrogens (primary N) is 2. The number of aliphatic hydroxyl groups excluding tert-OH is 1. The van der Waals surface area contributed by atoms with Crippen LogP contribution in [0, 0.1) is 17.3 Å². The number of piperidine rings is 1. The van der Waals surface area contributed by atoms with Gasteiger partial charge in [-0.2, -0.15) is 0 Å². The van der Waals surface area contributed by atoms with Crippen molar-refractivity contribution in [3.05, 3.63) is 82.3 Å². The van der Waals surface area contributed by atoms with Crippen LogP contribution in [0.4, 0.5) is 11.5 Å². The molecule has 42 heavy (non-hydrogen) atoms.